The lowest BCUT2D eigenvalue weighted by Crippen LogP contribution is -2.48. The Balaban J connectivity index is 2.30. The molecule has 2 atom stereocenters. The Bertz CT molecular complexity index is 893. The van der Waals surface area contributed by atoms with E-state index in [1.165, 1.54) is 0 Å². The van der Waals surface area contributed by atoms with Gasteiger partial charge in [0, 0.05) is 29.9 Å². The van der Waals surface area contributed by atoms with E-state index in [9.17, 15) is 15.8 Å². The van der Waals surface area contributed by atoms with Crippen molar-refractivity contribution in [3.63, 3.8) is 0 Å². The molecule has 5 nitrogen and oxygen atoms in total. The molecule has 1 aliphatic heterocycles. The second-order valence-corrected chi connectivity index (χ2v) is 7.02. The molecule has 2 aliphatic rings. The first-order chi connectivity index (χ1) is 12.5. The van der Waals surface area contributed by atoms with Gasteiger partial charge in [0.2, 0.25) is 0 Å². The maximum atomic E-state index is 9.97. The smallest absolute Gasteiger partial charge is 0.191 e. The molecule has 0 spiro atoms. The maximum Gasteiger partial charge on any atom is 0.191 e. The first kappa shape index (κ1) is 18.0. The van der Waals surface area contributed by atoms with Crippen LogP contribution in [0, 0.1) is 45.3 Å². The molecular weight excluding hydrogens is 346 g/mol. The molecule has 0 saturated heterocycles. The number of fused-ring (bicyclic) bond motifs is 1. The third-order valence-corrected chi connectivity index (χ3v) is 5.67. The predicted octanol–water partition coefficient (Wildman–Crippen LogP) is 3.09. The highest BCUT2D eigenvalue weighted by Crippen LogP contribution is 2.54. The minimum Gasteiger partial charge on any atom is -0.399 e. The zero-order chi connectivity index (χ0) is 18.9. The fourth-order valence-electron chi connectivity index (χ4n) is 4.04. The van der Waals surface area contributed by atoms with Crippen LogP contribution in [0.1, 0.15) is 18.4 Å². The van der Waals surface area contributed by atoms with Crippen molar-refractivity contribution in [3.8, 4) is 18.2 Å². The Labute approximate surface area is 158 Å². The van der Waals surface area contributed by atoms with Gasteiger partial charge in [-0.15, -0.1) is 0 Å². The minimum atomic E-state index is -1.59. The molecule has 6 heteroatoms. The number of nitrogens with zero attached hydrogens (tertiary/aromatic N) is 4. The van der Waals surface area contributed by atoms with Crippen molar-refractivity contribution in [3.05, 3.63) is 57.8 Å². The van der Waals surface area contributed by atoms with Crippen molar-refractivity contribution in [1.82, 2.24) is 4.90 Å². The van der Waals surface area contributed by atoms with E-state index in [4.69, 9.17) is 17.3 Å². The van der Waals surface area contributed by atoms with Crippen molar-refractivity contribution in [2.45, 2.75) is 12.8 Å². The van der Waals surface area contributed by atoms with Gasteiger partial charge in [0.25, 0.3) is 0 Å². The zero-order valence-corrected chi connectivity index (χ0v) is 15.2. The van der Waals surface area contributed by atoms with Crippen LogP contribution in [-0.2, 0) is 0 Å². The summed E-state index contributed by atoms with van der Waals surface area (Å²) in [6.07, 6.45) is 2.00. The van der Waals surface area contributed by atoms with Gasteiger partial charge in [0.1, 0.15) is 6.07 Å². The summed E-state index contributed by atoms with van der Waals surface area (Å²) >= 11 is 6.02. The van der Waals surface area contributed by atoms with Gasteiger partial charge < -0.3 is 5.73 Å². The van der Waals surface area contributed by atoms with Crippen LogP contribution in [0.25, 0.3) is 0 Å². The number of nitriles is 3. The molecular formula is C20H18ClN5. The Morgan fingerprint density at radius 3 is 2.42 bits per heavy atom. The van der Waals surface area contributed by atoms with Crippen molar-refractivity contribution < 1.29 is 0 Å². The lowest BCUT2D eigenvalue weighted by atomic mass is 9.58. The van der Waals surface area contributed by atoms with Crippen molar-refractivity contribution in [2.24, 2.45) is 17.1 Å². The molecule has 0 amide bonds. The Morgan fingerprint density at radius 1 is 1.23 bits per heavy atom. The number of rotatable bonds is 2. The van der Waals surface area contributed by atoms with Crippen LogP contribution in [0.2, 0.25) is 5.02 Å². The average Bonchev–Trinajstić information content (AvgIpc) is 2.68. The Morgan fingerprint density at radius 2 is 1.88 bits per heavy atom. The van der Waals surface area contributed by atoms with Gasteiger partial charge in [0.05, 0.1) is 23.4 Å². The van der Waals surface area contributed by atoms with E-state index in [0.29, 0.717) is 11.6 Å². The summed E-state index contributed by atoms with van der Waals surface area (Å²) in [5.74, 6) is -0.626. The summed E-state index contributed by atoms with van der Waals surface area (Å²) in [4.78, 5) is 2.23. The molecule has 0 aromatic heterocycles. The van der Waals surface area contributed by atoms with Gasteiger partial charge >= 0.3 is 0 Å². The molecule has 0 bridgehead atoms. The first-order valence-corrected chi connectivity index (χ1v) is 8.81. The normalized spacial score (nSPS) is 24.7. The zero-order valence-electron chi connectivity index (χ0n) is 14.4. The average molecular weight is 364 g/mol. The molecule has 1 aliphatic carbocycles. The van der Waals surface area contributed by atoms with E-state index in [1.807, 2.05) is 18.2 Å². The highest BCUT2D eigenvalue weighted by molar-refractivity contribution is 6.30. The molecule has 26 heavy (non-hydrogen) atoms. The third kappa shape index (κ3) is 2.56. The largest absolute Gasteiger partial charge is 0.399 e. The molecule has 1 heterocycles. The SMILES string of the molecule is CCN1CC=C2C(C#N)=C(N)C(C#N)(C#N)[C@@H](c3ccc(Cl)cc3)[C@H]2C1. The van der Waals surface area contributed by atoms with Crippen molar-refractivity contribution in [1.29, 1.82) is 15.8 Å². The van der Waals surface area contributed by atoms with Gasteiger partial charge in [-0.2, -0.15) is 15.8 Å². The van der Waals surface area contributed by atoms with E-state index in [2.05, 4.69) is 30.0 Å². The minimum absolute atomic E-state index is 0.0531. The summed E-state index contributed by atoms with van der Waals surface area (Å²) < 4.78 is 0. The third-order valence-electron chi connectivity index (χ3n) is 5.42. The molecule has 0 unspecified atom stereocenters. The summed E-state index contributed by atoms with van der Waals surface area (Å²) in [5.41, 5.74) is 6.67. The number of likely N-dealkylation sites (N-methyl/N-ethyl adjacent to an activating group) is 1. The second kappa shape index (κ2) is 6.85. The number of allylic oxidation sites excluding steroid dienone is 2. The Kier molecular flexibility index (Phi) is 4.75. The molecule has 0 saturated carbocycles. The summed E-state index contributed by atoms with van der Waals surface area (Å²) in [6.45, 7) is 4.30. The lowest BCUT2D eigenvalue weighted by molar-refractivity contribution is 0.214. The summed E-state index contributed by atoms with van der Waals surface area (Å²) in [6, 6.07) is 13.6. The fraction of sp³-hybridized carbons (Fsp3) is 0.350. The van der Waals surface area contributed by atoms with Crippen molar-refractivity contribution >= 4 is 11.6 Å². The highest BCUT2D eigenvalue weighted by atomic mass is 35.5. The molecule has 130 valence electrons. The second-order valence-electron chi connectivity index (χ2n) is 6.58. The molecule has 1 aromatic rings. The van der Waals surface area contributed by atoms with Crippen LogP contribution in [0.3, 0.4) is 0 Å². The number of benzene rings is 1. The van der Waals surface area contributed by atoms with E-state index < -0.39 is 11.3 Å². The van der Waals surface area contributed by atoms with Crippen LogP contribution < -0.4 is 5.73 Å². The maximum absolute atomic E-state index is 9.97. The Hall–Kier alpha value is -2.78. The predicted molar refractivity (Wildman–Crippen MR) is 98.4 cm³/mol. The molecule has 3 rings (SSSR count). The number of nitrogens with two attached hydrogens (primary N) is 1. The lowest BCUT2D eigenvalue weighted by Gasteiger charge is -2.45. The molecule has 0 fully saturated rings. The quantitative estimate of drug-likeness (QED) is 0.870. The van der Waals surface area contributed by atoms with Crippen LogP contribution >= 0.6 is 11.6 Å². The summed E-state index contributed by atoms with van der Waals surface area (Å²) in [7, 11) is 0. The molecule has 2 N–H and O–H groups in total. The van der Waals surface area contributed by atoms with E-state index in [0.717, 1.165) is 24.2 Å². The first-order valence-electron chi connectivity index (χ1n) is 8.43. The van der Waals surface area contributed by atoms with E-state index in [1.54, 1.807) is 12.1 Å². The molecule has 1 aromatic carbocycles. The van der Waals surface area contributed by atoms with E-state index in [-0.39, 0.29) is 17.2 Å². The highest BCUT2D eigenvalue weighted by Gasteiger charge is 2.54. The van der Waals surface area contributed by atoms with Crippen LogP contribution in [-0.4, -0.2) is 24.5 Å². The van der Waals surface area contributed by atoms with Gasteiger partial charge in [-0.3, -0.25) is 4.90 Å². The summed E-state index contributed by atoms with van der Waals surface area (Å²) in [5, 5.41) is 30.2. The van der Waals surface area contributed by atoms with Crippen LogP contribution in [0.4, 0.5) is 0 Å². The number of hydrogen-bond donors (Lipinski definition) is 1. The topological polar surface area (TPSA) is 101 Å². The van der Waals surface area contributed by atoms with E-state index >= 15 is 0 Å². The fourth-order valence-corrected chi connectivity index (χ4v) is 4.17. The van der Waals surface area contributed by atoms with Gasteiger partial charge in [0.15, 0.2) is 5.41 Å². The molecule has 0 radical (unpaired) electrons. The van der Waals surface area contributed by atoms with Gasteiger partial charge in [-0.25, -0.2) is 0 Å². The van der Waals surface area contributed by atoms with Crippen LogP contribution in [0.15, 0.2) is 47.2 Å². The van der Waals surface area contributed by atoms with Crippen LogP contribution in [0.5, 0.6) is 0 Å². The van der Waals surface area contributed by atoms with Gasteiger partial charge in [-0.1, -0.05) is 36.7 Å². The monoisotopic (exact) mass is 363 g/mol. The van der Waals surface area contributed by atoms with Crippen molar-refractivity contribution in [2.75, 3.05) is 19.6 Å². The number of hydrogen-bond acceptors (Lipinski definition) is 5. The standard InChI is InChI=1S/C20H18ClN5/c1-2-26-8-7-15-16(9-22)19(25)20(11-23,12-24)18(17(15)10-26)13-3-5-14(21)6-4-13/h3-7,17-18H,2,8,10,25H2,1H3/t17-,18-/m0/s1. The number of halogens is 1. The van der Waals surface area contributed by atoms with Gasteiger partial charge in [-0.05, 0) is 29.8 Å².